The molecule has 2 atom stereocenters. The highest BCUT2D eigenvalue weighted by molar-refractivity contribution is 6.30. The third kappa shape index (κ3) is 4.18. The predicted molar refractivity (Wildman–Crippen MR) is 77.3 cm³/mol. The van der Waals surface area contributed by atoms with E-state index in [0.717, 1.165) is 24.9 Å². The van der Waals surface area contributed by atoms with E-state index < -0.39 is 6.10 Å². The van der Waals surface area contributed by atoms with Gasteiger partial charge in [-0.1, -0.05) is 30.2 Å². The molecule has 1 aromatic rings. The van der Waals surface area contributed by atoms with E-state index in [2.05, 4.69) is 4.90 Å². The highest BCUT2D eigenvalue weighted by atomic mass is 35.5. The lowest BCUT2D eigenvalue weighted by molar-refractivity contribution is 0.0565. The minimum Gasteiger partial charge on any atom is -0.396 e. The van der Waals surface area contributed by atoms with Gasteiger partial charge in [0.1, 0.15) is 0 Å². The molecule has 1 heterocycles. The van der Waals surface area contributed by atoms with Crippen molar-refractivity contribution in [2.24, 2.45) is 0 Å². The molecule has 0 aliphatic carbocycles. The normalized spacial score (nSPS) is 22.4. The van der Waals surface area contributed by atoms with Crippen LogP contribution in [-0.4, -0.2) is 40.9 Å². The number of hydrogen-bond acceptors (Lipinski definition) is 3. The van der Waals surface area contributed by atoms with Crippen LogP contribution in [0.1, 0.15) is 37.4 Å². The van der Waals surface area contributed by atoms with Gasteiger partial charge in [-0.05, 0) is 43.5 Å². The van der Waals surface area contributed by atoms with Crippen LogP contribution in [0.3, 0.4) is 0 Å². The van der Waals surface area contributed by atoms with E-state index in [4.69, 9.17) is 16.7 Å². The molecular formula is C15H22ClNO2. The number of aliphatic hydroxyl groups excluding tert-OH is 2. The second-order valence-corrected chi connectivity index (χ2v) is 5.66. The molecule has 4 heteroatoms. The number of rotatable bonds is 5. The molecule has 2 N–H and O–H groups in total. The number of piperidine rings is 1. The fourth-order valence-corrected chi connectivity index (χ4v) is 2.91. The van der Waals surface area contributed by atoms with Crippen LogP contribution in [-0.2, 0) is 0 Å². The monoisotopic (exact) mass is 283 g/mol. The van der Waals surface area contributed by atoms with Gasteiger partial charge in [0.15, 0.2) is 0 Å². The summed E-state index contributed by atoms with van der Waals surface area (Å²) < 4.78 is 0. The molecule has 0 unspecified atom stereocenters. The number of aliphatic hydroxyl groups is 2. The van der Waals surface area contributed by atoms with Crippen molar-refractivity contribution in [2.75, 3.05) is 19.7 Å². The second-order valence-electron chi connectivity index (χ2n) is 5.22. The van der Waals surface area contributed by atoms with Crippen molar-refractivity contribution in [3.63, 3.8) is 0 Å². The van der Waals surface area contributed by atoms with Crippen LogP contribution >= 0.6 is 11.6 Å². The number of benzene rings is 1. The standard InChI is InChI=1S/C15H22ClNO2/c16-13-6-4-12(5-7-13)15(19)11-17-9-2-1-3-14(17)8-10-18/h4-7,14-15,18-19H,1-3,8-11H2/t14-,15-/m1/s1. The van der Waals surface area contributed by atoms with Gasteiger partial charge in [0.05, 0.1) is 6.10 Å². The molecule has 0 saturated carbocycles. The van der Waals surface area contributed by atoms with Crippen molar-refractivity contribution in [3.05, 3.63) is 34.9 Å². The van der Waals surface area contributed by atoms with Crippen molar-refractivity contribution in [3.8, 4) is 0 Å². The highest BCUT2D eigenvalue weighted by Crippen LogP contribution is 2.24. The average molecular weight is 284 g/mol. The van der Waals surface area contributed by atoms with Crippen LogP contribution in [0.5, 0.6) is 0 Å². The first-order valence-electron chi connectivity index (χ1n) is 6.99. The molecule has 0 aromatic heterocycles. The van der Waals surface area contributed by atoms with Gasteiger partial charge < -0.3 is 10.2 Å². The van der Waals surface area contributed by atoms with Crippen molar-refractivity contribution >= 4 is 11.6 Å². The number of likely N-dealkylation sites (tertiary alicyclic amines) is 1. The van der Waals surface area contributed by atoms with Crippen LogP contribution in [0.2, 0.25) is 5.02 Å². The van der Waals surface area contributed by atoms with Crippen LogP contribution in [0, 0.1) is 0 Å². The van der Waals surface area contributed by atoms with E-state index in [1.807, 2.05) is 24.3 Å². The maximum atomic E-state index is 10.3. The predicted octanol–water partition coefficient (Wildman–Crippen LogP) is 2.61. The van der Waals surface area contributed by atoms with Crippen molar-refractivity contribution < 1.29 is 10.2 Å². The average Bonchev–Trinajstić information content (AvgIpc) is 2.42. The fraction of sp³-hybridized carbons (Fsp3) is 0.600. The molecule has 1 saturated heterocycles. The molecule has 1 aliphatic rings. The van der Waals surface area contributed by atoms with E-state index in [1.165, 1.54) is 12.8 Å². The molecule has 0 spiro atoms. The van der Waals surface area contributed by atoms with Gasteiger partial charge in [-0.25, -0.2) is 0 Å². The minimum atomic E-state index is -0.489. The topological polar surface area (TPSA) is 43.7 Å². The van der Waals surface area contributed by atoms with E-state index in [9.17, 15) is 5.11 Å². The lowest BCUT2D eigenvalue weighted by Crippen LogP contribution is -2.42. The zero-order valence-corrected chi connectivity index (χ0v) is 11.9. The zero-order valence-electron chi connectivity index (χ0n) is 11.1. The Morgan fingerprint density at radius 3 is 2.68 bits per heavy atom. The molecule has 2 rings (SSSR count). The third-order valence-electron chi connectivity index (χ3n) is 3.87. The first-order chi connectivity index (χ1) is 9.20. The third-order valence-corrected chi connectivity index (χ3v) is 4.13. The molecule has 19 heavy (non-hydrogen) atoms. The quantitative estimate of drug-likeness (QED) is 0.873. The van der Waals surface area contributed by atoms with E-state index in [1.54, 1.807) is 0 Å². The van der Waals surface area contributed by atoms with Gasteiger partial charge in [0.25, 0.3) is 0 Å². The molecular weight excluding hydrogens is 262 g/mol. The Hall–Kier alpha value is -0.610. The summed E-state index contributed by atoms with van der Waals surface area (Å²) in [6, 6.07) is 7.76. The Bertz CT molecular complexity index is 380. The lowest BCUT2D eigenvalue weighted by Gasteiger charge is -2.36. The largest absolute Gasteiger partial charge is 0.396 e. The van der Waals surface area contributed by atoms with Gasteiger partial charge in [0, 0.05) is 24.2 Å². The summed E-state index contributed by atoms with van der Waals surface area (Å²) in [7, 11) is 0. The summed E-state index contributed by atoms with van der Waals surface area (Å²) in [6.45, 7) is 1.86. The van der Waals surface area contributed by atoms with E-state index in [0.29, 0.717) is 17.6 Å². The van der Waals surface area contributed by atoms with Crippen molar-refractivity contribution in [2.45, 2.75) is 37.8 Å². The van der Waals surface area contributed by atoms with Crippen molar-refractivity contribution in [1.29, 1.82) is 0 Å². The Labute approximate surface area is 119 Å². The summed E-state index contributed by atoms with van der Waals surface area (Å²) in [5.41, 5.74) is 0.901. The van der Waals surface area contributed by atoms with E-state index in [-0.39, 0.29) is 6.61 Å². The molecule has 106 valence electrons. The smallest absolute Gasteiger partial charge is 0.0917 e. The van der Waals surface area contributed by atoms with Crippen molar-refractivity contribution in [1.82, 2.24) is 4.90 Å². The summed E-state index contributed by atoms with van der Waals surface area (Å²) in [6.07, 6.45) is 3.82. The maximum Gasteiger partial charge on any atom is 0.0917 e. The van der Waals surface area contributed by atoms with Crippen LogP contribution in [0.15, 0.2) is 24.3 Å². The lowest BCUT2D eigenvalue weighted by atomic mass is 9.98. The van der Waals surface area contributed by atoms with E-state index >= 15 is 0 Å². The number of nitrogens with zero attached hydrogens (tertiary/aromatic N) is 1. The fourth-order valence-electron chi connectivity index (χ4n) is 2.79. The highest BCUT2D eigenvalue weighted by Gasteiger charge is 2.24. The number of β-amino-alcohol motifs (C(OH)–C–C–N with tert-alkyl or cyclic N) is 1. The van der Waals surface area contributed by atoms with Gasteiger partial charge in [-0.15, -0.1) is 0 Å². The molecule has 0 amide bonds. The summed E-state index contributed by atoms with van der Waals surface area (Å²) in [5.74, 6) is 0. The summed E-state index contributed by atoms with van der Waals surface area (Å²) in [5, 5.41) is 20.1. The van der Waals surface area contributed by atoms with Gasteiger partial charge >= 0.3 is 0 Å². The molecule has 3 nitrogen and oxygen atoms in total. The van der Waals surface area contributed by atoms with Gasteiger partial charge in [-0.2, -0.15) is 0 Å². The maximum absolute atomic E-state index is 10.3. The Morgan fingerprint density at radius 2 is 2.00 bits per heavy atom. The number of hydrogen-bond donors (Lipinski definition) is 2. The van der Waals surface area contributed by atoms with Gasteiger partial charge in [0.2, 0.25) is 0 Å². The Morgan fingerprint density at radius 1 is 1.26 bits per heavy atom. The number of halogens is 1. The first kappa shape index (κ1) is 14.8. The Kier molecular flexibility index (Phi) is 5.64. The molecule has 0 radical (unpaired) electrons. The van der Waals surface area contributed by atoms with Crippen LogP contribution in [0.25, 0.3) is 0 Å². The molecule has 1 aliphatic heterocycles. The molecule has 1 aromatic carbocycles. The molecule has 1 fully saturated rings. The first-order valence-corrected chi connectivity index (χ1v) is 7.37. The van der Waals surface area contributed by atoms with Gasteiger partial charge in [-0.3, -0.25) is 4.90 Å². The van der Waals surface area contributed by atoms with Crippen LogP contribution < -0.4 is 0 Å². The SMILES string of the molecule is OCC[C@H]1CCCCN1C[C@@H](O)c1ccc(Cl)cc1. The van der Waals surface area contributed by atoms with Crippen LogP contribution in [0.4, 0.5) is 0 Å². The Balaban J connectivity index is 1.96. The summed E-state index contributed by atoms with van der Waals surface area (Å²) in [4.78, 5) is 2.30. The molecule has 0 bridgehead atoms. The second kappa shape index (κ2) is 7.25. The zero-order chi connectivity index (χ0) is 13.7. The minimum absolute atomic E-state index is 0.220. The summed E-state index contributed by atoms with van der Waals surface area (Å²) >= 11 is 5.85.